The maximum atomic E-state index is 16.2. The molecule has 3 aliphatic rings. The van der Waals surface area contributed by atoms with Crippen LogP contribution in [0.1, 0.15) is 5.56 Å². The van der Waals surface area contributed by atoms with E-state index < -0.39 is 0 Å². The van der Waals surface area contributed by atoms with E-state index in [1.807, 2.05) is 18.2 Å². The van der Waals surface area contributed by atoms with Crippen molar-refractivity contribution in [1.29, 1.82) is 0 Å². The summed E-state index contributed by atoms with van der Waals surface area (Å²) < 4.78 is 29.6. The van der Waals surface area contributed by atoms with Crippen LogP contribution in [0.25, 0.3) is 32.7 Å². The fraction of sp³-hybridized carbons (Fsp3) is 0.211. The normalized spacial score (nSPS) is 15.2. The average Bonchev–Trinajstić information content (AvgIpc) is 3.17. The van der Waals surface area contributed by atoms with Crippen LogP contribution in [0.5, 0.6) is 0 Å². The molecule has 0 unspecified atom stereocenters. The van der Waals surface area contributed by atoms with Gasteiger partial charge >= 0.3 is 0 Å². The second-order valence-electron chi connectivity index (χ2n) is 13.2. The van der Waals surface area contributed by atoms with E-state index in [2.05, 4.69) is 51.1 Å². The molecule has 0 saturated carbocycles. The number of nitrogens with zero attached hydrogens (tertiary/aromatic N) is 6. The molecule has 1 saturated heterocycles. The van der Waals surface area contributed by atoms with Crippen LogP contribution in [-0.2, 0) is 6.42 Å². The van der Waals surface area contributed by atoms with Gasteiger partial charge in [-0.25, -0.2) is 29.0 Å². The largest absolute Gasteiger partial charge is 0.369 e. The number of piperazine rings is 1. The fourth-order valence-corrected chi connectivity index (χ4v) is 7.24. The van der Waals surface area contributed by atoms with Crippen molar-refractivity contribution in [1.82, 2.24) is 30.6 Å². The summed E-state index contributed by atoms with van der Waals surface area (Å²) in [6.45, 7) is 4.49. The zero-order valence-corrected chi connectivity index (χ0v) is 28.3. The van der Waals surface area contributed by atoms with Crippen LogP contribution in [0.3, 0.4) is 0 Å². The van der Waals surface area contributed by atoms with Crippen LogP contribution in [0.4, 0.5) is 37.5 Å². The molecule has 9 rings (SSSR count). The minimum atomic E-state index is -0.385. The van der Waals surface area contributed by atoms with Crippen molar-refractivity contribution in [2.24, 2.45) is 9.98 Å². The molecule has 13 nitrogen and oxygen atoms in total. The van der Waals surface area contributed by atoms with Crippen molar-refractivity contribution in [3.63, 3.8) is 0 Å². The third-order valence-electron chi connectivity index (χ3n) is 9.90. The van der Waals surface area contributed by atoms with Crippen LogP contribution in [0, 0.1) is 11.6 Å². The molecule has 1 fully saturated rings. The van der Waals surface area contributed by atoms with E-state index in [0.717, 1.165) is 37.6 Å². The van der Waals surface area contributed by atoms with Gasteiger partial charge in [0, 0.05) is 37.4 Å². The van der Waals surface area contributed by atoms with E-state index in [-0.39, 0.29) is 22.8 Å². The number of halogens is 2. The summed E-state index contributed by atoms with van der Waals surface area (Å²) in [5.74, 6) is 1.53. The molecule has 0 amide bonds. The summed E-state index contributed by atoms with van der Waals surface area (Å²) in [5, 5.41) is 25.5. The molecular weight excluding hydrogens is 680 g/mol. The van der Waals surface area contributed by atoms with Gasteiger partial charge in [-0.05, 0) is 72.6 Å². The quantitative estimate of drug-likeness (QED) is 0.134. The molecule has 3 aliphatic heterocycles. The van der Waals surface area contributed by atoms with E-state index in [1.165, 1.54) is 12.1 Å². The summed E-state index contributed by atoms with van der Waals surface area (Å²) in [6, 6.07) is 20.8. The predicted octanol–water partition coefficient (Wildman–Crippen LogP) is 4.67. The first-order valence-corrected chi connectivity index (χ1v) is 17.4. The van der Waals surface area contributed by atoms with Gasteiger partial charge in [0.2, 0.25) is 0 Å². The van der Waals surface area contributed by atoms with Crippen LogP contribution in [-0.4, -0.2) is 82.8 Å². The molecule has 5 N–H and O–H groups in total. The number of anilines is 3. The van der Waals surface area contributed by atoms with Crippen molar-refractivity contribution in [2.45, 2.75) is 6.42 Å². The number of aromatic nitrogens is 4. The Kier molecular flexibility index (Phi) is 8.20. The Balaban J connectivity index is 0.890. The van der Waals surface area contributed by atoms with Gasteiger partial charge in [-0.2, -0.15) is 10.2 Å². The van der Waals surface area contributed by atoms with Crippen LogP contribution >= 0.6 is 0 Å². The molecule has 15 heteroatoms. The van der Waals surface area contributed by atoms with Gasteiger partial charge in [-0.15, -0.1) is 0 Å². The summed E-state index contributed by atoms with van der Waals surface area (Å²) in [6.07, 6.45) is 0.406. The highest BCUT2D eigenvalue weighted by Gasteiger charge is 2.24. The summed E-state index contributed by atoms with van der Waals surface area (Å²) in [7, 11) is 0. The number of hydrogen-bond acceptors (Lipinski definition) is 11. The lowest BCUT2D eigenvalue weighted by molar-refractivity contribution is 0.291. The van der Waals surface area contributed by atoms with Gasteiger partial charge < -0.3 is 20.9 Å². The zero-order valence-electron chi connectivity index (χ0n) is 28.3. The molecule has 2 aromatic heterocycles. The topological polar surface area (TPSA) is 159 Å². The Morgan fingerprint density at radius 3 is 2.23 bits per heavy atom. The number of benzene rings is 4. The van der Waals surface area contributed by atoms with Gasteiger partial charge in [0.25, 0.3) is 11.1 Å². The first-order chi connectivity index (χ1) is 25.9. The number of amidine groups is 2. The minimum Gasteiger partial charge on any atom is -0.369 e. The monoisotopic (exact) mass is 713 g/mol. The molecule has 0 aliphatic carbocycles. The SMILES string of the molecule is O=c1[nH]nc2c3c(cccc13)NC(CNCCc1cccc(-c3cc4c5c(n[nH]c(=O)c5c3)N=C(CN3CCN(c5ccc(F)cc5)CC3)N4)c1F)=N2. The molecule has 266 valence electrons. The third kappa shape index (κ3) is 6.19. The average molecular weight is 714 g/mol. The number of hydrogen-bond donors (Lipinski definition) is 5. The zero-order chi connectivity index (χ0) is 36.1. The van der Waals surface area contributed by atoms with E-state index in [9.17, 15) is 14.0 Å². The molecule has 0 atom stereocenters. The predicted molar refractivity (Wildman–Crippen MR) is 203 cm³/mol. The molecule has 6 aromatic rings. The van der Waals surface area contributed by atoms with Gasteiger partial charge in [-0.3, -0.25) is 14.5 Å². The van der Waals surface area contributed by atoms with Gasteiger partial charge in [0.1, 0.15) is 23.3 Å². The Morgan fingerprint density at radius 2 is 1.43 bits per heavy atom. The first-order valence-electron chi connectivity index (χ1n) is 17.4. The van der Waals surface area contributed by atoms with Crippen molar-refractivity contribution in [3.8, 4) is 11.1 Å². The lowest BCUT2D eigenvalue weighted by atomic mass is 9.97. The number of nitrogens with one attached hydrogen (secondary N) is 5. The number of rotatable bonds is 9. The van der Waals surface area contributed by atoms with Gasteiger partial charge in [-0.1, -0.05) is 24.3 Å². The Labute approximate surface area is 300 Å². The van der Waals surface area contributed by atoms with Crippen LogP contribution < -0.4 is 32.0 Å². The smallest absolute Gasteiger partial charge is 0.272 e. The van der Waals surface area contributed by atoms with E-state index in [0.29, 0.717) is 93.3 Å². The number of aliphatic imine (C=N–C) groups is 2. The van der Waals surface area contributed by atoms with Crippen molar-refractivity contribution in [2.75, 3.05) is 61.3 Å². The second kappa shape index (κ2) is 13.3. The minimum absolute atomic E-state index is 0.254. The van der Waals surface area contributed by atoms with E-state index in [1.54, 1.807) is 42.5 Å². The highest BCUT2D eigenvalue weighted by Crippen LogP contribution is 2.38. The summed E-state index contributed by atoms with van der Waals surface area (Å²) >= 11 is 0. The van der Waals surface area contributed by atoms with Crippen LogP contribution in [0.15, 0.2) is 92.4 Å². The second-order valence-corrected chi connectivity index (χ2v) is 13.2. The highest BCUT2D eigenvalue weighted by molar-refractivity contribution is 6.14. The maximum Gasteiger partial charge on any atom is 0.272 e. The van der Waals surface area contributed by atoms with Crippen molar-refractivity contribution >= 4 is 61.9 Å². The molecule has 0 radical (unpaired) electrons. The maximum absolute atomic E-state index is 16.2. The van der Waals surface area contributed by atoms with Gasteiger partial charge in [0.05, 0.1) is 46.0 Å². The lowest BCUT2D eigenvalue weighted by Gasteiger charge is -2.36. The van der Waals surface area contributed by atoms with Crippen LogP contribution in [0.2, 0.25) is 0 Å². The fourth-order valence-electron chi connectivity index (χ4n) is 7.24. The molecule has 53 heavy (non-hydrogen) atoms. The molecule has 4 aromatic carbocycles. The molecular formula is C38H33F2N11O2. The summed E-state index contributed by atoms with van der Waals surface area (Å²) in [5.41, 5.74) is 3.19. The van der Waals surface area contributed by atoms with Gasteiger partial charge in [0.15, 0.2) is 11.6 Å². The first kappa shape index (κ1) is 32.6. The molecule has 5 heterocycles. The van der Waals surface area contributed by atoms with E-state index >= 15 is 4.39 Å². The Bertz CT molecular complexity index is 2590. The standard InChI is InChI=1S/C38H33F2N11O2/c39-23-7-9-24(10-8-23)51-15-13-50(14-16-51)20-31-43-29-18-22(17-27-33(29)36(45-31)47-49-38(27)53)25-4-1-3-21(34(25)40)11-12-41-19-30-42-28-6-2-5-26-32(28)35(44-30)46-48-37(26)52/h1-10,17-18,41H,11-16,19-20H2,(H,48,52)(H,49,53)(H,42,44,46)(H,43,45,47). The van der Waals surface area contributed by atoms with E-state index in [4.69, 9.17) is 4.99 Å². The summed E-state index contributed by atoms with van der Waals surface area (Å²) in [4.78, 5) is 39.0. The highest BCUT2D eigenvalue weighted by atomic mass is 19.1. The lowest BCUT2D eigenvalue weighted by Crippen LogP contribution is -2.48. The third-order valence-corrected chi connectivity index (χ3v) is 9.90. The number of aromatic amines is 2. The number of H-pyrrole nitrogens is 2. The molecule has 0 bridgehead atoms. The molecule has 0 spiro atoms. The van der Waals surface area contributed by atoms with Crippen molar-refractivity contribution in [3.05, 3.63) is 111 Å². The Hall–Kier alpha value is -6.32. The Morgan fingerprint density at radius 1 is 0.736 bits per heavy atom. The van der Waals surface area contributed by atoms with Crippen molar-refractivity contribution < 1.29 is 8.78 Å².